The Balaban J connectivity index is 1.64. The third-order valence-corrected chi connectivity index (χ3v) is 5.86. The molecule has 0 aliphatic carbocycles. The van der Waals surface area contributed by atoms with Gasteiger partial charge in [-0.25, -0.2) is 4.98 Å². The molecule has 0 radical (unpaired) electrons. The first kappa shape index (κ1) is 21.5. The Morgan fingerprint density at radius 2 is 1.81 bits per heavy atom. The molecule has 0 saturated heterocycles. The first-order valence-corrected chi connectivity index (χ1v) is 11.0. The Bertz CT molecular complexity index is 1330. The minimum atomic E-state index is -0.468. The largest absolute Gasteiger partial charge is 0.273 e. The van der Waals surface area contributed by atoms with Crippen LogP contribution >= 0.6 is 27.3 Å². The highest BCUT2D eigenvalue weighted by Gasteiger charge is 2.17. The lowest BCUT2D eigenvalue weighted by atomic mass is 10.2. The number of carbonyl (C=O) groups excluding carboxylic acids is 1. The van der Waals surface area contributed by atoms with Gasteiger partial charge in [-0.2, -0.15) is 10.1 Å². The topological polar surface area (TPSA) is 88.7 Å². The highest BCUT2D eigenvalue weighted by molar-refractivity contribution is 9.10. The summed E-state index contributed by atoms with van der Waals surface area (Å²) in [6, 6.07) is 21.1. The summed E-state index contributed by atoms with van der Waals surface area (Å²) in [6.45, 7) is 0. The monoisotopic (exact) mass is 506 g/mol. The van der Waals surface area contributed by atoms with Crippen LogP contribution < -0.4 is 5.01 Å². The van der Waals surface area contributed by atoms with Gasteiger partial charge < -0.3 is 0 Å². The summed E-state index contributed by atoms with van der Waals surface area (Å²) in [5, 5.41) is 16.9. The number of hydrazone groups is 1. The average Bonchev–Trinajstić information content (AvgIpc) is 3.21. The van der Waals surface area contributed by atoms with Crippen molar-refractivity contribution in [3.8, 4) is 0 Å². The quantitative estimate of drug-likeness (QED) is 0.138. The van der Waals surface area contributed by atoms with Crippen molar-refractivity contribution in [1.29, 1.82) is 0 Å². The molecule has 0 atom stereocenters. The third kappa shape index (κ3) is 5.13. The fourth-order valence-corrected chi connectivity index (χ4v) is 4.27. The number of nitro groups is 1. The maximum absolute atomic E-state index is 13.0. The molecule has 1 aromatic heterocycles. The molecule has 1 heterocycles. The molecule has 0 aliphatic rings. The predicted octanol–water partition coefficient (Wildman–Crippen LogP) is 6.05. The van der Waals surface area contributed by atoms with Crippen molar-refractivity contribution in [1.82, 2.24) is 4.98 Å². The number of thiazole rings is 1. The van der Waals surface area contributed by atoms with Crippen molar-refractivity contribution in [3.05, 3.63) is 105 Å². The molecule has 4 rings (SSSR count). The average molecular weight is 507 g/mol. The van der Waals surface area contributed by atoms with Gasteiger partial charge in [0.1, 0.15) is 0 Å². The van der Waals surface area contributed by atoms with Crippen molar-refractivity contribution >= 4 is 66.5 Å². The van der Waals surface area contributed by atoms with E-state index in [1.54, 1.807) is 24.4 Å². The minimum absolute atomic E-state index is 0.0109. The van der Waals surface area contributed by atoms with Gasteiger partial charge in [-0.1, -0.05) is 57.6 Å². The van der Waals surface area contributed by atoms with Crippen LogP contribution in [0.25, 0.3) is 16.3 Å². The number of benzene rings is 3. The number of carbonyl (C=O) groups is 1. The lowest BCUT2D eigenvalue weighted by Gasteiger charge is -2.11. The zero-order valence-electron chi connectivity index (χ0n) is 16.5. The van der Waals surface area contributed by atoms with E-state index in [0.717, 1.165) is 20.3 Å². The van der Waals surface area contributed by atoms with Crippen LogP contribution in [-0.4, -0.2) is 22.0 Å². The van der Waals surface area contributed by atoms with Crippen LogP contribution in [0.15, 0.2) is 88.4 Å². The number of hydrogen-bond acceptors (Lipinski definition) is 6. The number of fused-ring (bicyclic) bond motifs is 1. The van der Waals surface area contributed by atoms with E-state index in [1.807, 2.05) is 48.5 Å². The van der Waals surface area contributed by atoms with Crippen LogP contribution in [0, 0.1) is 10.1 Å². The Morgan fingerprint density at radius 1 is 1.06 bits per heavy atom. The lowest BCUT2D eigenvalue weighted by Crippen LogP contribution is -2.23. The van der Waals surface area contributed by atoms with Crippen LogP contribution in [0.5, 0.6) is 0 Å². The number of anilines is 1. The highest BCUT2D eigenvalue weighted by atomic mass is 79.9. The molecule has 0 bridgehead atoms. The Morgan fingerprint density at radius 3 is 2.53 bits per heavy atom. The third-order valence-electron chi connectivity index (χ3n) is 4.37. The summed E-state index contributed by atoms with van der Waals surface area (Å²) in [7, 11) is 0. The van der Waals surface area contributed by atoms with Crippen molar-refractivity contribution in [3.63, 3.8) is 0 Å². The number of halogens is 1. The SMILES string of the molecule is O=C(/C=C/c1ccc([N+](=O)[O-])cc1)N(/N=C/c1ccccc1)c1nc2ccc(Br)cc2s1. The summed E-state index contributed by atoms with van der Waals surface area (Å²) in [5.41, 5.74) is 2.25. The second kappa shape index (κ2) is 9.63. The molecular formula is C23H15BrN4O3S. The molecule has 158 valence electrons. The van der Waals surface area contributed by atoms with E-state index in [2.05, 4.69) is 26.0 Å². The van der Waals surface area contributed by atoms with Gasteiger partial charge in [0, 0.05) is 22.7 Å². The first-order chi connectivity index (χ1) is 15.5. The van der Waals surface area contributed by atoms with Gasteiger partial charge in [0.15, 0.2) is 0 Å². The normalized spacial score (nSPS) is 11.4. The first-order valence-electron chi connectivity index (χ1n) is 9.41. The van der Waals surface area contributed by atoms with E-state index >= 15 is 0 Å². The van der Waals surface area contributed by atoms with Gasteiger partial charge in [-0.3, -0.25) is 14.9 Å². The van der Waals surface area contributed by atoms with E-state index in [1.165, 1.54) is 34.6 Å². The zero-order valence-corrected chi connectivity index (χ0v) is 18.9. The Hall–Kier alpha value is -3.69. The molecule has 9 heteroatoms. The summed E-state index contributed by atoms with van der Waals surface area (Å²) >= 11 is 4.80. The number of nitrogens with zero attached hydrogens (tertiary/aromatic N) is 4. The predicted molar refractivity (Wildman–Crippen MR) is 131 cm³/mol. The molecule has 0 spiro atoms. The van der Waals surface area contributed by atoms with Gasteiger partial charge in [0.25, 0.3) is 11.6 Å². The Labute approximate surface area is 195 Å². The smallest absolute Gasteiger partial charge is 0.267 e. The summed E-state index contributed by atoms with van der Waals surface area (Å²) in [6.07, 6.45) is 4.55. The lowest BCUT2D eigenvalue weighted by molar-refractivity contribution is -0.384. The molecule has 0 saturated carbocycles. The fourth-order valence-electron chi connectivity index (χ4n) is 2.79. The molecule has 0 aliphatic heterocycles. The fraction of sp³-hybridized carbons (Fsp3) is 0. The van der Waals surface area contributed by atoms with Gasteiger partial charge in [-0.05, 0) is 47.5 Å². The van der Waals surface area contributed by atoms with Crippen LogP contribution in [-0.2, 0) is 4.79 Å². The van der Waals surface area contributed by atoms with E-state index in [9.17, 15) is 14.9 Å². The van der Waals surface area contributed by atoms with Crippen LogP contribution in [0.2, 0.25) is 0 Å². The number of non-ortho nitro benzene ring substituents is 1. The van der Waals surface area contributed by atoms with Gasteiger partial charge in [0.05, 0.1) is 21.4 Å². The zero-order chi connectivity index (χ0) is 22.5. The highest BCUT2D eigenvalue weighted by Crippen LogP contribution is 2.31. The second-order valence-electron chi connectivity index (χ2n) is 6.60. The van der Waals surface area contributed by atoms with Crippen LogP contribution in [0.1, 0.15) is 11.1 Å². The van der Waals surface area contributed by atoms with Crippen molar-refractivity contribution in [2.75, 3.05) is 5.01 Å². The van der Waals surface area contributed by atoms with Gasteiger partial charge in [-0.15, -0.1) is 0 Å². The van der Waals surface area contributed by atoms with Crippen LogP contribution in [0.4, 0.5) is 10.8 Å². The minimum Gasteiger partial charge on any atom is -0.267 e. The summed E-state index contributed by atoms with van der Waals surface area (Å²) in [4.78, 5) is 27.9. The van der Waals surface area contributed by atoms with Crippen molar-refractivity contribution in [2.24, 2.45) is 5.10 Å². The van der Waals surface area contributed by atoms with Gasteiger partial charge in [0.2, 0.25) is 5.13 Å². The maximum Gasteiger partial charge on any atom is 0.273 e. The molecule has 32 heavy (non-hydrogen) atoms. The number of aromatic nitrogens is 1. The van der Waals surface area contributed by atoms with E-state index in [0.29, 0.717) is 10.7 Å². The standard InChI is InChI=1S/C23H15BrN4O3S/c24-18-9-12-20-21(14-18)32-23(26-20)27(25-15-17-4-2-1-3-5-17)22(29)13-8-16-6-10-19(11-7-16)28(30)31/h1-15H/b13-8+,25-15+. The molecule has 7 nitrogen and oxygen atoms in total. The molecule has 0 unspecified atom stereocenters. The number of amides is 1. The van der Waals surface area contributed by atoms with E-state index < -0.39 is 10.8 Å². The molecule has 0 fully saturated rings. The number of nitro benzene ring substituents is 1. The molecule has 1 amide bonds. The van der Waals surface area contributed by atoms with E-state index in [4.69, 9.17) is 0 Å². The number of hydrogen-bond donors (Lipinski definition) is 0. The van der Waals surface area contributed by atoms with Crippen LogP contribution in [0.3, 0.4) is 0 Å². The molecule has 3 aromatic carbocycles. The van der Waals surface area contributed by atoms with E-state index in [-0.39, 0.29) is 5.69 Å². The van der Waals surface area contributed by atoms with Gasteiger partial charge >= 0.3 is 0 Å². The molecule has 4 aromatic rings. The summed E-state index contributed by atoms with van der Waals surface area (Å²) in [5.74, 6) is -0.395. The molecular weight excluding hydrogens is 492 g/mol. The second-order valence-corrected chi connectivity index (χ2v) is 8.52. The summed E-state index contributed by atoms with van der Waals surface area (Å²) < 4.78 is 1.84. The van der Waals surface area contributed by atoms with Crippen molar-refractivity contribution < 1.29 is 9.72 Å². The number of rotatable bonds is 6. The molecule has 0 N–H and O–H groups in total. The van der Waals surface area contributed by atoms with Crippen molar-refractivity contribution in [2.45, 2.75) is 0 Å². The Kier molecular flexibility index (Phi) is 6.48. The maximum atomic E-state index is 13.0.